The third-order valence-electron chi connectivity index (χ3n) is 4.99. The van der Waals surface area contributed by atoms with Crippen molar-refractivity contribution in [1.29, 1.82) is 0 Å². The van der Waals surface area contributed by atoms with Crippen LogP contribution in [0.1, 0.15) is 26.3 Å². The molecular formula is C24H17Cl2N3O2. The van der Waals surface area contributed by atoms with Gasteiger partial charge in [-0.25, -0.2) is 4.98 Å². The molecule has 0 atom stereocenters. The first-order valence-corrected chi connectivity index (χ1v) is 10.2. The van der Waals surface area contributed by atoms with E-state index in [4.69, 9.17) is 33.9 Å². The Kier molecular flexibility index (Phi) is 5.63. The molecule has 0 unspecified atom stereocenters. The zero-order valence-corrected chi connectivity index (χ0v) is 18.0. The van der Waals surface area contributed by atoms with E-state index in [1.807, 2.05) is 31.2 Å². The number of pyridine rings is 1. The van der Waals surface area contributed by atoms with E-state index in [-0.39, 0.29) is 11.5 Å². The average Bonchev–Trinajstić information content (AvgIpc) is 2.74. The summed E-state index contributed by atoms with van der Waals surface area (Å²) in [7, 11) is 0. The number of hydrogen-bond acceptors (Lipinski definition) is 3. The normalized spacial score (nSPS) is 10.8. The van der Waals surface area contributed by atoms with Crippen molar-refractivity contribution in [3.63, 3.8) is 0 Å². The van der Waals surface area contributed by atoms with E-state index in [9.17, 15) is 9.59 Å². The number of aromatic nitrogens is 1. The number of carbonyl (C=O) groups excluding carboxylic acids is 2. The number of rotatable bonds is 4. The lowest BCUT2D eigenvalue weighted by atomic mass is 9.97. The van der Waals surface area contributed by atoms with Gasteiger partial charge in [0.15, 0.2) is 0 Å². The molecule has 154 valence electrons. The van der Waals surface area contributed by atoms with Gasteiger partial charge in [0.2, 0.25) is 0 Å². The van der Waals surface area contributed by atoms with Gasteiger partial charge in [-0.05, 0) is 48.9 Å². The number of halogens is 2. The molecule has 0 fully saturated rings. The molecule has 1 aromatic heterocycles. The third-order valence-corrected chi connectivity index (χ3v) is 5.54. The standard InChI is InChI=1S/C24H17Cl2N3O2/c1-13-21(24(31)29-20-9-5-3-7-17(20)23(27)30)16-6-2-4-8-19(16)28-22(13)15-11-10-14(25)12-18(15)26/h2-12H,1H3,(H2,27,30)(H,29,31). The summed E-state index contributed by atoms with van der Waals surface area (Å²) in [6.07, 6.45) is 0. The minimum atomic E-state index is -0.624. The Labute approximate surface area is 188 Å². The van der Waals surface area contributed by atoms with E-state index in [1.54, 1.807) is 42.5 Å². The summed E-state index contributed by atoms with van der Waals surface area (Å²) in [4.78, 5) is 29.9. The van der Waals surface area contributed by atoms with Gasteiger partial charge < -0.3 is 11.1 Å². The molecule has 0 saturated carbocycles. The molecule has 0 bridgehead atoms. The molecule has 0 aliphatic heterocycles. The van der Waals surface area contributed by atoms with Gasteiger partial charge in [0.1, 0.15) is 0 Å². The van der Waals surface area contributed by atoms with Crippen LogP contribution in [-0.4, -0.2) is 16.8 Å². The van der Waals surface area contributed by atoms with Gasteiger partial charge in [-0.15, -0.1) is 0 Å². The van der Waals surface area contributed by atoms with Crippen molar-refractivity contribution in [2.45, 2.75) is 6.92 Å². The maximum Gasteiger partial charge on any atom is 0.256 e. The molecule has 7 heteroatoms. The number of primary amides is 1. The second-order valence-corrected chi connectivity index (χ2v) is 7.81. The van der Waals surface area contributed by atoms with E-state index in [2.05, 4.69) is 5.32 Å². The van der Waals surface area contributed by atoms with Crippen LogP contribution in [0.25, 0.3) is 22.2 Å². The highest BCUT2D eigenvalue weighted by atomic mass is 35.5. The first-order valence-electron chi connectivity index (χ1n) is 9.41. The first kappa shape index (κ1) is 20.8. The SMILES string of the molecule is Cc1c(-c2ccc(Cl)cc2Cl)nc2ccccc2c1C(=O)Nc1ccccc1C(N)=O. The van der Waals surface area contributed by atoms with Gasteiger partial charge in [-0.2, -0.15) is 0 Å². The van der Waals surface area contributed by atoms with Gasteiger partial charge in [-0.3, -0.25) is 9.59 Å². The molecular weight excluding hydrogens is 433 g/mol. The third kappa shape index (κ3) is 3.98. The number of nitrogens with one attached hydrogen (secondary N) is 1. The first-order chi connectivity index (χ1) is 14.9. The van der Waals surface area contributed by atoms with Crippen molar-refractivity contribution < 1.29 is 9.59 Å². The lowest BCUT2D eigenvalue weighted by Crippen LogP contribution is -2.19. The molecule has 0 saturated heterocycles. The van der Waals surface area contributed by atoms with E-state index in [0.29, 0.717) is 49.0 Å². The van der Waals surface area contributed by atoms with Crippen LogP contribution in [0.15, 0.2) is 66.7 Å². The van der Waals surface area contributed by atoms with E-state index in [0.717, 1.165) is 0 Å². The summed E-state index contributed by atoms with van der Waals surface area (Å²) in [5.74, 6) is -1.00. The van der Waals surface area contributed by atoms with Crippen molar-refractivity contribution in [2.24, 2.45) is 5.73 Å². The molecule has 1 heterocycles. The smallest absolute Gasteiger partial charge is 0.256 e. The number of anilines is 1. The molecule has 0 aliphatic rings. The zero-order valence-electron chi connectivity index (χ0n) is 16.4. The fraction of sp³-hybridized carbons (Fsp3) is 0.0417. The predicted molar refractivity (Wildman–Crippen MR) is 125 cm³/mol. The van der Waals surface area contributed by atoms with Crippen LogP contribution in [0.2, 0.25) is 10.0 Å². The fourth-order valence-electron chi connectivity index (χ4n) is 3.54. The lowest BCUT2D eigenvalue weighted by molar-refractivity contribution is 0.100. The van der Waals surface area contributed by atoms with Gasteiger partial charge in [0, 0.05) is 16.0 Å². The number of benzene rings is 3. The van der Waals surface area contributed by atoms with E-state index >= 15 is 0 Å². The quantitative estimate of drug-likeness (QED) is 0.408. The Balaban J connectivity index is 1.90. The number of hydrogen-bond donors (Lipinski definition) is 2. The molecule has 4 rings (SSSR count). The number of carbonyl (C=O) groups is 2. The largest absolute Gasteiger partial charge is 0.366 e. The number of fused-ring (bicyclic) bond motifs is 1. The minimum absolute atomic E-state index is 0.229. The molecule has 31 heavy (non-hydrogen) atoms. The monoisotopic (exact) mass is 449 g/mol. The number of nitrogens with two attached hydrogens (primary N) is 1. The lowest BCUT2D eigenvalue weighted by Gasteiger charge is -2.16. The van der Waals surface area contributed by atoms with Crippen LogP contribution in [0.4, 0.5) is 5.69 Å². The fourth-order valence-corrected chi connectivity index (χ4v) is 4.03. The van der Waals surface area contributed by atoms with E-state index < -0.39 is 5.91 Å². The van der Waals surface area contributed by atoms with Crippen molar-refractivity contribution in [3.05, 3.63) is 93.5 Å². The summed E-state index contributed by atoms with van der Waals surface area (Å²) in [6.45, 7) is 1.81. The summed E-state index contributed by atoms with van der Waals surface area (Å²) in [5, 5.41) is 4.45. The predicted octanol–water partition coefficient (Wildman–Crippen LogP) is 5.87. The molecule has 0 radical (unpaired) electrons. The molecule has 4 aromatic rings. The summed E-state index contributed by atoms with van der Waals surface area (Å²) in [5.41, 5.74) is 8.99. The molecule has 2 amide bonds. The van der Waals surface area contributed by atoms with Crippen LogP contribution in [0, 0.1) is 6.92 Å². The summed E-state index contributed by atoms with van der Waals surface area (Å²) in [6, 6.07) is 19.1. The average molecular weight is 450 g/mol. The van der Waals surface area contributed by atoms with Crippen LogP contribution >= 0.6 is 23.2 Å². The molecule has 0 aliphatic carbocycles. The minimum Gasteiger partial charge on any atom is -0.366 e. The van der Waals surface area contributed by atoms with Crippen LogP contribution in [0.3, 0.4) is 0 Å². The maximum absolute atomic E-state index is 13.4. The Bertz CT molecular complexity index is 1350. The molecule has 3 N–H and O–H groups in total. The Morgan fingerprint density at radius 3 is 2.42 bits per heavy atom. The van der Waals surface area contributed by atoms with Crippen molar-refractivity contribution in [3.8, 4) is 11.3 Å². The van der Waals surface area contributed by atoms with Gasteiger partial charge in [-0.1, -0.05) is 53.5 Å². The van der Waals surface area contributed by atoms with Crippen LogP contribution < -0.4 is 11.1 Å². The highest BCUT2D eigenvalue weighted by Gasteiger charge is 2.21. The van der Waals surface area contributed by atoms with Crippen LogP contribution in [0.5, 0.6) is 0 Å². The number of para-hydroxylation sites is 2. The Hall–Kier alpha value is -3.41. The summed E-state index contributed by atoms with van der Waals surface area (Å²) >= 11 is 12.5. The van der Waals surface area contributed by atoms with Crippen molar-refractivity contribution >= 4 is 51.6 Å². The molecule has 5 nitrogen and oxygen atoms in total. The highest BCUT2D eigenvalue weighted by Crippen LogP contribution is 2.35. The Morgan fingerprint density at radius 1 is 0.968 bits per heavy atom. The topological polar surface area (TPSA) is 85.1 Å². The second-order valence-electron chi connectivity index (χ2n) is 6.97. The van der Waals surface area contributed by atoms with Crippen molar-refractivity contribution in [1.82, 2.24) is 4.98 Å². The van der Waals surface area contributed by atoms with Gasteiger partial charge in [0.25, 0.3) is 11.8 Å². The molecule has 0 spiro atoms. The second kappa shape index (κ2) is 8.38. The zero-order chi connectivity index (χ0) is 22.1. The maximum atomic E-state index is 13.4. The number of nitrogens with zero attached hydrogens (tertiary/aromatic N) is 1. The Morgan fingerprint density at radius 2 is 1.68 bits per heavy atom. The molecule has 3 aromatic carbocycles. The number of amides is 2. The van der Waals surface area contributed by atoms with Gasteiger partial charge in [0.05, 0.1) is 33.0 Å². The van der Waals surface area contributed by atoms with Crippen LogP contribution in [-0.2, 0) is 0 Å². The van der Waals surface area contributed by atoms with Gasteiger partial charge >= 0.3 is 0 Å². The summed E-state index contributed by atoms with van der Waals surface area (Å²) < 4.78 is 0. The van der Waals surface area contributed by atoms with Crippen molar-refractivity contribution in [2.75, 3.05) is 5.32 Å². The highest BCUT2D eigenvalue weighted by molar-refractivity contribution is 6.36. The van der Waals surface area contributed by atoms with E-state index in [1.165, 1.54) is 0 Å².